The van der Waals surface area contributed by atoms with E-state index in [0.717, 1.165) is 16.8 Å². The third-order valence-corrected chi connectivity index (χ3v) is 4.75. The fourth-order valence-electron chi connectivity index (χ4n) is 3.33. The zero-order chi connectivity index (χ0) is 20.3. The van der Waals surface area contributed by atoms with E-state index in [4.69, 9.17) is 18.9 Å². The Morgan fingerprint density at radius 1 is 0.929 bits per heavy atom. The molecule has 0 aliphatic carbocycles. The van der Waals surface area contributed by atoms with Crippen LogP contribution in [0.25, 0.3) is 0 Å². The lowest BCUT2D eigenvalue weighted by atomic mass is 9.97. The predicted molar refractivity (Wildman–Crippen MR) is 106 cm³/mol. The number of hydrogen-bond donors (Lipinski definition) is 0. The normalized spacial score (nSPS) is 15.8. The number of benzene rings is 2. The molecule has 3 rings (SSSR count). The largest absolute Gasteiger partial charge is 0.497 e. The monoisotopic (exact) mass is 384 g/mol. The molecule has 1 heterocycles. The number of hydrazone groups is 1. The summed E-state index contributed by atoms with van der Waals surface area (Å²) in [5.41, 5.74) is 2.50. The average molecular weight is 384 g/mol. The van der Waals surface area contributed by atoms with Crippen molar-refractivity contribution in [2.24, 2.45) is 5.10 Å². The minimum Gasteiger partial charge on any atom is -0.497 e. The van der Waals surface area contributed by atoms with Crippen molar-refractivity contribution in [1.82, 2.24) is 5.01 Å². The van der Waals surface area contributed by atoms with Crippen LogP contribution in [0.2, 0.25) is 0 Å². The molecular formula is C21H24N2O5. The van der Waals surface area contributed by atoms with Crippen LogP contribution in [0.5, 0.6) is 23.0 Å². The fraction of sp³-hybridized carbons (Fsp3) is 0.333. The van der Waals surface area contributed by atoms with Gasteiger partial charge in [-0.3, -0.25) is 4.79 Å². The first-order valence-corrected chi connectivity index (χ1v) is 8.84. The Hall–Kier alpha value is -3.22. The van der Waals surface area contributed by atoms with Crippen molar-refractivity contribution in [1.29, 1.82) is 0 Å². The van der Waals surface area contributed by atoms with Crippen molar-refractivity contribution >= 4 is 11.6 Å². The van der Waals surface area contributed by atoms with Gasteiger partial charge in [-0.2, -0.15) is 5.10 Å². The molecular weight excluding hydrogens is 360 g/mol. The first kappa shape index (κ1) is 19.5. The fourth-order valence-corrected chi connectivity index (χ4v) is 3.33. The lowest BCUT2D eigenvalue weighted by Crippen LogP contribution is -2.24. The Kier molecular flexibility index (Phi) is 5.73. The third kappa shape index (κ3) is 3.60. The molecule has 0 bridgehead atoms. The molecule has 2 aromatic carbocycles. The molecule has 1 atom stereocenters. The molecule has 7 heteroatoms. The molecule has 2 aromatic rings. The first-order chi connectivity index (χ1) is 13.5. The van der Waals surface area contributed by atoms with Gasteiger partial charge in [0.1, 0.15) is 11.5 Å². The quantitative estimate of drug-likeness (QED) is 0.763. The summed E-state index contributed by atoms with van der Waals surface area (Å²) in [6.45, 7) is 1.50. The summed E-state index contributed by atoms with van der Waals surface area (Å²) in [6, 6.07) is 10.9. The molecule has 0 saturated heterocycles. The third-order valence-electron chi connectivity index (χ3n) is 4.75. The lowest BCUT2D eigenvalue weighted by molar-refractivity contribution is -0.130. The maximum atomic E-state index is 12.3. The van der Waals surface area contributed by atoms with E-state index in [2.05, 4.69) is 5.10 Å². The van der Waals surface area contributed by atoms with Crippen molar-refractivity contribution in [2.75, 3.05) is 28.4 Å². The van der Waals surface area contributed by atoms with Crippen LogP contribution in [0.4, 0.5) is 0 Å². The van der Waals surface area contributed by atoms with Crippen LogP contribution in [0, 0.1) is 0 Å². The van der Waals surface area contributed by atoms with Crippen LogP contribution >= 0.6 is 0 Å². The molecule has 1 amide bonds. The Balaban J connectivity index is 2.01. The Labute approximate surface area is 164 Å². The van der Waals surface area contributed by atoms with E-state index in [1.165, 1.54) is 11.9 Å². The van der Waals surface area contributed by atoms with Crippen molar-refractivity contribution in [3.05, 3.63) is 47.5 Å². The van der Waals surface area contributed by atoms with Crippen molar-refractivity contribution in [3.63, 3.8) is 0 Å². The molecule has 7 nitrogen and oxygen atoms in total. The van der Waals surface area contributed by atoms with Gasteiger partial charge in [-0.05, 0) is 36.4 Å². The number of carbonyl (C=O) groups is 1. The van der Waals surface area contributed by atoms with Gasteiger partial charge in [0.15, 0.2) is 11.5 Å². The molecule has 0 saturated carbocycles. The Morgan fingerprint density at radius 3 is 2.21 bits per heavy atom. The molecule has 1 aliphatic heterocycles. The van der Waals surface area contributed by atoms with Gasteiger partial charge in [0.25, 0.3) is 0 Å². The van der Waals surface area contributed by atoms with Gasteiger partial charge in [0.2, 0.25) is 5.91 Å². The van der Waals surface area contributed by atoms with Gasteiger partial charge in [0.05, 0.1) is 40.2 Å². The molecule has 28 heavy (non-hydrogen) atoms. The van der Waals surface area contributed by atoms with E-state index in [-0.39, 0.29) is 11.9 Å². The van der Waals surface area contributed by atoms with E-state index >= 15 is 0 Å². The van der Waals surface area contributed by atoms with Crippen molar-refractivity contribution in [3.8, 4) is 23.0 Å². The van der Waals surface area contributed by atoms with Crippen LogP contribution in [0.3, 0.4) is 0 Å². The van der Waals surface area contributed by atoms with E-state index in [1.54, 1.807) is 28.4 Å². The summed E-state index contributed by atoms with van der Waals surface area (Å²) in [4.78, 5) is 12.3. The van der Waals surface area contributed by atoms with Crippen molar-refractivity contribution in [2.45, 2.75) is 19.4 Å². The number of carbonyl (C=O) groups excluding carboxylic acids is 1. The molecule has 0 unspecified atom stereocenters. The minimum atomic E-state index is -0.286. The molecule has 0 spiro atoms. The summed E-state index contributed by atoms with van der Waals surface area (Å²) in [7, 11) is 6.39. The van der Waals surface area contributed by atoms with Crippen LogP contribution < -0.4 is 18.9 Å². The second-order valence-corrected chi connectivity index (χ2v) is 6.31. The molecule has 1 aliphatic rings. The van der Waals surface area contributed by atoms with Gasteiger partial charge in [0, 0.05) is 24.5 Å². The lowest BCUT2D eigenvalue weighted by Gasteiger charge is -2.22. The molecule has 0 aromatic heterocycles. The van der Waals surface area contributed by atoms with Gasteiger partial charge in [-0.15, -0.1) is 0 Å². The number of hydrogen-bond acceptors (Lipinski definition) is 6. The number of methoxy groups -OCH3 is 4. The SMILES string of the molecule is COc1ccc(OC)c([C@H]2CC(c3ccc(OC)c(OC)c3)=NN2C(C)=O)c1. The maximum Gasteiger partial charge on any atom is 0.240 e. The zero-order valence-corrected chi connectivity index (χ0v) is 16.7. The topological polar surface area (TPSA) is 69.6 Å². The smallest absolute Gasteiger partial charge is 0.240 e. The highest BCUT2D eigenvalue weighted by molar-refractivity contribution is 6.03. The maximum absolute atomic E-state index is 12.3. The highest BCUT2D eigenvalue weighted by atomic mass is 16.5. The number of amides is 1. The van der Waals surface area contributed by atoms with E-state index in [0.29, 0.717) is 29.4 Å². The first-order valence-electron chi connectivity index (χ1n) is 8.84. The van der Waals surface area contributed by atoms with Gasteiger partial charge >= 0.3 is 0 Å². The summed E-state index contributed by atoms with van der Waals surface area (Å²) >= 11 is 0. The van der Waals surface area contributed by atoms with Gasteiger partial charge in [-0.25, -0.2) is 5.01 Å². The highest BCUT2D eigenvalue weighted by Gasteiger charge is 2.33. The van der Waals surface area contributed by atoms with E-state index in [9.17, 15) is 4.79 Å². The number of ether oxygens (including phenoxy) is 4. The summed E-state index contributed by atoms with van der Waals surface area (Å²) in [5.74, 6) is 2.48. The van der Waals surface area contributed by atoms with Gasteiger partial charge < -0.3 is 18.9 Å². The number of nitrogens with zero attached hydrogens (tertiary/aromatic N) is 2. The Bertz CT molecular complexity index is 910. The molecule has 0 N–H and O–H groups in total. The molecule has 0 fully saturated rings. The second-order valence-electron chi connectivity index (χ2n) is 6.31. The molecule has 0 radical (unpaired) electrons. The van der Waals surface area contributed by atoms with E-state index < -0.39 is 0 Å². The predicted octanol–water partition coefficient (Wildman–Crippen LogP) is 3.42. The van der Waals surface area contributed by atoms with Crippen LogP contribution in [-0.4, -0.2) is 45.1 Å². The summed E-state index contributed by atoms with van der Waals surface area (Å²) in [5, 5.41) is 6.07. The summed E-state index contributed by atoms with van der Waals surface area (Å²) < 4.78 is 21.6. The van der Waals surface area contributed by atoms with Crippen LogP contribution in [0.15, 0.2) is 41.5 Å². The van der Waals surface area contributed by atoms with Gasteiger partial charge in [-0.1, -0.05) is 0 Å². The minimum absolute atomic E-state index is 0.148. The second kappa shape index (κ2) is 8.21. The van der Waals surface area contributed by atoms with Crippen LogP contribution in [-0.2, 0) is 4.79 Å². The molecule has 148 valence electrons. The Morgan fingerprint density at radius 2 is 1.61 bits per heavy atom. The standard InChI is InChI=1S/C21H24N2O5/c1-13(24)23-18(16-11-15(25-2)7-9-19(16)26-3)12-17(22-23)14-6-8-20(27-4)21(10-14)28-5/h6-11,18H,12H2,1-5H3/t18-/m1/s1. The van der Waals surface area contributed by atoms with E-state index in [1.807, 2.05) is 36.4 Å². The summed E-state index contributed by atoms with van der Waals surface area (Å²) in [6.07, 6.45) is 0.540. The van der Waals surface area contributed by atoms with Crippen LogP contribution in [0.1, 0.15) is 30.5 Å². The average Bonchev–Trinajstić information content (AvgIpc) is 3.18. The number of rotatable bonds is 6. The van der Waals surface area contributed by atoms with Crippen molar-refractivity contribution < 1.29 is 23.7 Å². The zero-order valence-electron chi connectivity index (χ0n) is 16.7. The highest BCUT2D eigenvalue weighted by Crippen LogP contribution is 2.40.